The number of aromatic nitrogens is 1. The van der Waals surface area contributed by atoms with Crippen LogP contribution in [0.25, 0.3) is 0 Å². The molecule has 106 valence electrons. The Hall–Kier alpha value is -1.27. The Morgan fingerprint density at radius 1 is 1.65 bits per heavy atom. The van der Waals surface area contributed by atoms with Gasteiger partial charge >= 0.3 is 0 Å². The summed E-state index contributed by atoms with van der Waals surface area (Å²) in [6.45, 7) is 2.76. The Balaban J connectivity index is 1.69. The molecule has 3 rings (SSSR count). The smallest absolute Gasteiger partial charge is 0.256 e. The third-order valence-electron chi connectivity index (χ3n) is 3.44. The number of thiophene rings is 1. The topological polar surface area (TPSA) is 46.3 Å². The molecule has 0 unspecified atom stereocenters. The summed E-state index contributed by atoms with van der Waals surface area (Å²) in [7, 11) is 0. The summed E-state index contributed by atoms with van der Waals surface area (Å²) < 4.78 is 5.20. The van der Waals surface area contributed by atoms with Gasteiger partial charge in [-0.15, -0.1) is 11.3 Å². The Morgan fingerprint density at radius 2 is 2.55 bits per heavy atom. The number of hydrogen-bond donors (Lipinski definition) is 0. The van der Waals surface area contributed by atoms with Crippen LogP contribution in [0.1, 0.15) is 30.7 Å². The SMILES string of the molecule is C[C@H](Sc1ncco1)C(=O)N1CCC[C@@H]1c1cccs1. The molecule has 1 aliphatic rings. The Bertz CT molecular complexity index is 554. The molecule has 2 aromatic heterocycles. The van der Waals surface area contributed by atoms with E-state index in [0.29, 0.717) is 5.22 Å². The zero-order valence-corrected chi connectivity index (χ0v) is 12.8. The van der Waals surface area contributed by atoms with Crippen molar-refractivity contribution in [2.75, 3.05) is 6.54 Å². The third-order valence-corrected chi connectivity index (χ3v) is 5.37. The van der Waals surface area contributed by atoms with Crippen LogP contribution >= 0.6 is 23.1 Å². The summed E-state index contributed by atoms with van der Waals surface area (Å²) >= 11 is 3.11. The average Bonchev–Trinajstić information content (AvgIpc) is 3.18. The number of amides is 1. The lowest BCUT2D eigenvalue weighted by molar-refractivity contribution is -0.131. The van der Waals surface area contributed by atoms with E-state index in [1.807, 2.05) is 17.9 Å². The summed E-state index contributed by atoms with van der Waals surface area (Å²) in [5.74, 6) is 0.170. The van der Waals surface area contributed by atoms with Gasteiger partial charge in [-0.2, -0.15) is 0 Å². The minimum absolute atomic E-state index is 0.170. The summed E-state index contributed by atoms with van der Waals surface area (Å²) in [5.41, 5.74) is 0. The van der Waals surface area contributed by atoms with Crippen LogP contribution in [0.5, 0.6) is 0 Å². The van der Waals surface area contributed by atoms with Crippen molar-refractivity contribution < 1.29 is 9.21 Å². The number of thioether (sulfide) groups is 1. The van der Waals surface area contributed by atoms with Crippen LogP contribution in [-0.4, -0.2) is 27.6 Å². The number of nitrogens with zero attached hydrogens (tertiary/aromatic N) is 2. The van der Waals surface area contributed by atoms with Crippen LogP contribution in [0.3, 0.4) is 0 Å². The number of likely N-dealkylation sites (tertiary alicyclic amines) is 1. The van der Waals surface area contributed by atoms with Crippen molar-refractivity contribution in [2.45, 2.75) is 36.3 Å². The molecule has 0 radical (unpaired) electrons. The van der Waals surface area contributed by atoms with Crippen LogP contribution in [0.4, 0.5) is 0 Å². The minimum atomic E-state index is -0.172. The van der Waals surface area contributed by atoms with Gasteiger partial charge in [0.25, 0.3) is 5.22 Å². The second kappa shape index (κ2) is 6.01. The lowest BCUT2D eigenvalue weighted by atomic mass is 10.2. The zero-order valence-electron chi connectivity index (χ0n) is 11.2. The van der Waals surface area contributed by atoms with Crippen molar-refractivity contribution in [3.8, 4) is 0 Å². The Kier molecular flexibility index (Phi) is 4.12. The molecular weight excluding hydrogens is 292 g/mol. The Morgan fingerprint density at radius 3 is 3.25 bits per heavy atom. The maximum absolute atomic E-state index is 12.6. The van der Waals surface area contributed by atoms with Crippen LogP contribution in [0.2, 0.25) is 0 Å². The molecule has 6 heteroatoms. The summed E-state index contributed by atoms with van der Waals surface area (Å²) in [6.07, 6.45) is 5.26. The first kappa shape index (κ1) is 13.7. The van der Waals surface area contributed by atoms with Crippen LogP contribution in [0, 0.1) is 0 Å². The Labute approximate surface area is 126 Å². The van der Waals surface area contributed by atoms with Crippen molar-refractivity contribution in [1.82, 2.24) is 9.88 Å². The van der Waals surface area contributed by atoms with Crippen LogP contribution in [0.15, 0.2) is 39.6 Å². The molecule has 1 saturated heterocycles. The molecule has 0 aromatic carbocycles. The second-order valence-electron chi connectivity index (χ2n) is 4.76. The first-order valence-corrected chi connectivity index (χ1v) is 8.41. The summed E-state index contributed by atoms with van der Waals surface area (Å²) in [4.78, 5) is 20.0. The quantitative estimate of drug-likeness (QED) is 0.810. The summed E-state index contributed by atoms with van der Waals surface area (Å²) in [5, 5.41) is 2.45. The van der Waals surface area contributed by atoms with E-state index in [2.05, 4.69) is 16.4 Å². The predicted octanol–water partition coefficient (Wildman–Crippen LogP) is 3.58. The van der Waals surface area contributed by atoms with E-state index in [9.17, 15) is 4.79 Å². The van der Waals surface area contributed by atoms with Gasteiger partial charge < -0.3 is 9.32 Å². The molecule has 1 amide bonds. The van der Waals surface area contributed by atoms with Gasteiger partial charge in [0.05, 0.1) is 17.5 Å². The van der Waals surface area contributed by atoms with Crippen molar-refractivity contribution in [3.05, 3.63) is 34.8 Å². The molecule has 20 heavy (non-hydrogen) atoms. The highest BCUT2D eigenvalue weighted by molar-refractivity contribution is 8.00. The molecule has 0 spiro atoms. The van der Waals surface area contributed by atoms with E-state index in [-0.39, 0.29) is 17.2 Å². The molecule has 1 fully saturated rings. The highest BCUT2D eigenvalue weighted by Crippen LogP contribution is 2.36. The molecule has 0 bridgehead atoms. The molecule has 2 atom stereocenters. The molecule has 3 heterocycles. The number of oxazole rings is 1. The number of rotatable bonds is 4. The van der Waals surface area contributed by atoms with Crippen LogP contribution < -0.4 is 0 Å². The fourth-order valence-electron chi connectivity index (χ4n) is 2.51. The average molecular weight is 308 g/mol. The first-order valence-electron chi connectivity index (χ1n) is 6.66. The largest absolute Gasteiger partial charge is 0.440 e. The maximum Gasteiger partial charge on any atom is 0.256 e. The van der Waals surface area contributed by atoms with Gasteiger partial charge in [0, 0.05) is 11.4 Å². The van der Waals surface area contributed by atoms with E-state index >= 15 is 0 Å². The van der Waals surface area contributed by atoms with E-state index in [4.69, 9.17) is 4.42 Å². The van der Waals surface area contributed by atoms with Crippen molar-refractivity contribution in [2.24, 2.45) is 0 Å². The van der Waals surface area contributed by atoms with E-state index in [1.165, 1.54) is 22.9 Å². The minimum Gasteiger partial charge on any atom is -0.440 e. The fraction of sp³-hybridized carbons (Fsp3) is 0.429. The lowest BCUT2D eigenvalue weighted by Crippen LogP contribution is -2.35. The number of carbonyl (C=O) groups excluding carboxylic acids is 1. The van der Waals surface area contributed by atoms with E-state index in [1.54, 1.807) is 17.5 Å². The van der Waals surface area contributed by atoms with Gasteiger partial charge in [-0.25, -0.2) is 4.98 Å². The number of carbonyl (C=O) groups is 1. The standard InChI is InChI=1S/C14H16N2O2S2/c1-10(20-14-15-6-8-18-14)13(17)16-7-2-4-11(16)12-5-3-9-19-12/h3,5-6,8-11H,2,4,7H2,1H3/t10-,11+/m0/s1. The third kappa shape index (κ3) is 2.76. The van der Waals surface area contributed by atoms with Gasteiger partial charge in [0.1, 0.15) is 6.26 Å². The van der Waals surface area contributed by atoms with Gasteiger partial charge in [-0.3, -0.25) is 4.79 Å². The summed E-state index contributed by atoms with van der Waals surface area (Å²) in [6, 6.07) is 4.41. The molecule has 0 saturated carbocycles. The molecule has 0 aliphatic carbocycles. The van der Waals surface area contributed by atoms with Crippen molar-refractivity contribution >= 4 is 29.0 Å². The highest BCUT2D eigenvalue weighted by atomic mass is 32.2. The fourth-order valence-corrected chi connectivity index (χ4v) is 4.16. The first-order chi connectivity index (χ1) is 9.75. The van der Waals surface area contributed by atoms with Gasteiger partial charge in [-0.1, -0.05) is 17.8 Å². The highest BCUT2D eigenvalue weighted by Gasteiger charge is 2.33. The van der Waals surface area contributed by atoms with E-state index < -0.39 is 0 Å². The molecule has 4 nitrogen and oxygen atoms in total. The van der Waals surface area contributed by atoms with Crippen LogP contribution in [-0.2, 0) is 4.79 Å². The molecule has 1 aliphatic heterocycles. The molecule has 2 aromatic rings. The monoisotopic (exact) mass is 308 g/mol. The van der Waals surface area contributed by atoms with Gasteiger partial charge in [-0.05, 0) is 31.2 Å². The molecule has 0 N–H and O–H groups in total. The van der Waals surface area contributed by atoms with Gasteiger partial charge in [0.15, 0.2) is 0 Å². The van der Waals surface area contributed by atoms with Crippen molar-refractivity contribution in [3.63, 3.8) is 0 Å². The van der Waals surface area contributed by atoms with Crippen molar-refractivity contribution in [1.29, 1.82) is 0 Å². The molecular formula is C14H16N2O2S2. The zero-order chi connectivity index (χ0) is 13.9. The van der Waals surface area contributed by atoms with Gasteiger partial charge in [0.2, 0.25) is 5.91 Å². The predicted molar refractivity (Wildman–Crippen MR) is 79.8 cm³/mol. The van der Waals surface area contributed by atoms with E-state index in [0.717, 1.165) is 19.4 Å². The second-order valence-corrected chi connectivity index (χ2v) is 7.03. The normalized spacial score (nSPS) is 20.2. The maximum atomic E-state index is 12.6. The lowest BCUT2D eigenvalue weighted by Gasteiger charge is -2.26. The number of hydrogen-bond acceptors (Lipinski definition) is 5.